The molecule has 1 unspecified atom stereocenters. The van der Waals surface area contributed by atoms with Crippen molar-refractivity contribution in [1.82, 2.24) is 4.98 Å². The molecule has 1 fully saturated rings. The first-order valence-corrected chi connectivity index (χ1v) is 11.1. The summed E-state index contributed by atoms with van der Waals surface area (Å²) in [7, 11) is 0. The number of rotatable bonds is 5. The molecule has 1 N–H and O–H groups in total. The van der Waals surface area contributed by atoms with E-state index < -0.39 is 0 Å². The Morgan fingerprint density at radius 3 is 2.68 bits per heavy atom. The number of aromatic nitrogens is 1. The number of H-pyrrole nitrogens is 1. The van der Waals surface area contributed by atoms with Gasteiger partial charge in [-0.3, -0.25) is 0 Å². The molecule has 1 aromatic heterocycles. The van der Waals surface area contributed by atoms with Crippen LogP contribution >= 0.6 is 0 Å². The highest BCUT2D eigenvalue weighted by Gasteiger charge is 2.25. The Balaban J connectivity index is 1.33. The summed E-state index contributed by atoms with van der Waals surface area (Å²) in [5.74, 6) is 2.46. The third-order valence-corrected chi connectivity index (χ3v) is 7.09. The van der Waals surface area contributed by atoms with E-state index in [1.54, 1.807) is 5.56 Å². The second-order valence-corrected chi connectivity index (χ2v) is 8.83. The maximum atomic E-state index is 6.19. The minimum Gasteiger partial charge on any atom is -0.489 e. The maximum Gasteiger partial charge on any atom is 0.120 e. The lowest BCUT2D eigenvalue weighted by Crippen LogP contribution is -2.00. The van der Waals surface area contributed by atoms with E-state index in [2.05, 4.69) is 55.2 Å². The van der Waals surface area contributed by atoms with Gasteiger partial charge in [0.25, 0.3) is 0 Å². The summed E-state index contributed by atoms with van der Waals surface area (Å²) in [5.41, 5.74) is 8.49. The Bertz CT molecular complexity index is 993. The van der Waals surface area contributed by atoms with Crippen LogP contribution < -0.4 is 4.74 Å². The van der Waals surface area contributed by atoms with Crippen LogP contribution in [0.4, 0.5) is 0 Å². The molecule has 2 aliphatic rings. The highest BCUT2D eigenvalue weighted by Crippen LogP contribution is 2.40. The minimum absolute atomic E-state index is 0.640. The molecule has 5 rings (SSSR count). The zero-order valence-electron chi connectivity index (χ0n) is 17.2. The van der Waals surface area contributed by atoms with Gasteiger partial charge in [0.1, 0.15) is 12.4 Å². The summed E-state index contributed by atoms with van der Waals surface area (Å²) in [5, 5.41) is 1.36. The summed E-state index contributed by atoms with van der Waals surface area (Å²) in [6.07, 6.45) is 9.19. The van der Waals surface area contributed by atoms with Gasteiger partial charge in [-0.2, -0.15) is 0 Å². The van der Waals surface area contributed by atoms with E-state index in [-0.39, 0.29) is 0 Å². The Morgan fingerprint density at radius 1 is 1.04 bits per heavy atom. The molecule has 0 saturated heterocycles. The van der Waals surface area contributed by atoms with Gasteiger partial charge in [0.15, 0.2) is 0 Å². The summed E-state index contributed by atoms with van der Waals surface area (Å²) in [6, 6.07) is 13.5. The van der Waals surface area contributed by atoms with Crippen LogP contribution in [0.25, 0.3) is 10.9 Å². The second-order valence-electron chi connectivity index (χ2n) is 8.83. The lowest BCUT2D eigenvalue weighted by Gasteiger charge is -2.15. The predicted molar refractivity (Wildman–Crippen MR) is 116 cm³/mol. The molecule has 1 saturated carbocycles. The van der Waals surface area contributed by atoms with Crippen LogP contribution in [0.3, 0.4) is 0 Å². The van der Waals surface area contributed by atoms with Gasteiger partial charge in [0.05, 0.1) is 0 Å². The van der Waals surface area contributed by atoms with E-state index in [0.717, 1.165) is 11.7 Å². The smallest absolute Gasteiger partial charge is 0.120 e. The van der Waals surface area contributed by atoms with E-state index in [4.69, 9.17) is 4.74 Å². The SMILES string of the molecule is CCC1CCc2c1[nH]c1ccc(OCc3ccc(C4CCCC4)c(C)c3)cc21. The van der Waals surface area contributed by atoms with E-state index in [0.29, 0.717) is 12.5 Å². The largest absolute Gasteiger partial charge is 0.489 e. The van der Waals surface area contributed by atoms with E-state index in [1.165, 1.54) is 78.2 Å². The molecule has 2 heteroatoms. The van der Waals surface area contributed by atoms with Gasteiger partial charge in [-0.15, -0.1) is 0 Å². The van der Waals surface area contributed by atoms with Gasteiger partial charge in [-0.25, -0.2) is 0 Å². The molecule has 1 heterocycles. The van der Waals surface area contributed by atoms with Crippen molar-refractivity contribution in [1.29, 1.82) is 0 Å². The number of nitrogens with one attached hydrogen (secondary N) is 1. The zero-order chi connectivity index (χ0) is 19.1. The molecule has 2 aliphatic carbocycles. The van der Waals surface area contributed by atoms with Crippen molar-refractivity contribution in [3.63, 3.8) is 0 Å². The van der Waals surface area contributed by atoms with Crippen molar-refractivity contribution in [3.05, 3.63) is 64.3 Å². The Hall–Kier alpha value is -2.22. The first-order valence-electron chi connectivity index (χ1n) is 11.1. The topological polar surface area (TPSA) is 25.0 Å². The number of benzene rings is 2. The molecule has 0 amide bonds. The van der Waals surface area contributed by atoms with Gasteiger partial charge in [-0.05, 0) is 91.3 Å². The van der Waals surface area contributed by atoms with Gasteiger partial charge in [0.2, 0.25) is 0 Å². The van der Waals surface area contributed by atoms with Crippen LogP contribution in [-0.2, 0) is 13.0 Å². The molecule has 0 bridgehead atoms. The van der Waals surface area contributed by atoms with Gasteiger partial charge >= 0.3 is 0 Å². The van der Waals surface area contributed by atoms with Gasteiger partial charge in [0, 0.05) is 16.6 Å². The Kier molecular flexibility index (Phi) is 4.66. The number of hydrogen-bond acceptors (Lipinski definition) is 1. The number of hydrogen-bond donors (Lipinski definition) is 1. The van der Waals surface area contributed by atoms with Crippen molar-refractivity contribution in [2.75, 3.05) is 0 Å². The lowest BCUT2D eigenvalue weighted by atomic mass is 9.92. The molecular formula is C26H31NO. The number of ether oxygens (including phenoxy) is 1. The molecule has 1 atom stereocenters. The molecule has 146 valence electrons. The Morgan fingerprint density at radius 2 is 1.89 bits per heavy atom. The quantitative estimate of drug-likeness (QED) is 0.504. The first kappa shape index (κ1) is 17.8. The molecule has 0 radical (unpaired) electrons. The van der Waals surface area contributed by atoms with Crippen LogP contribution in [0.1, 0.15) is 85.2 Å². The maximum absolute atomic E-state index is 6.19. The second kappa shape index (κ2) is 7.31. The standard InChI is InChI=1S/C26H31NO/c1-3-19-9-12-23-24-15-21(10-13-25(24)27-26(19)23)28-16-18-8-11-22(17(2)14-18)20-6-4-5-7-20/h8,10-11,13-15,19-20,27H,3-7,9,12,16H2,1-2H3. The summed E-state index contributed by atoms with van der Waals surface area (Å²) in [4.78, 5) is 3.66. The monoisotopic (exact) mass is 373 g/mol. The minimum atomic E-state index is 0.640. The van der Waals surface area contributed by atoms with Crippen LogP contribution in [0.2, 0.25) is 0 Å². The fraction of sp³-hybridized carbons (Fsp3) is 0.462. The fourth-order valence-corrected chi connectivity index (χ4v) is 5.52. The van der Waals surface area contributed by atoms with Crippen LogP contribution in [0.15, 0.2) is 36.4 Å². The third kappa shape index (κ3) is 3.13. The average molecular weight is 374 g/mol. The number of aromatic amines is 1. The van der Waals surface area contributed by atoms with Gasteiger partial charge < -0.3 is 9.72 Å². The van der Waals surface area contributed by atoms with E-state index in [9.17, 15) is 0 Å². The summed E-state index contributed by atoms with van der Waals surface area (Å²) < 4.78 is 6.19. The van der Waals surface area contributed by atoms with Crippen molar-refractivity contribution in [3.8, 4) is 5.75 Å². The molecule has 2 nitrogen and oxygen atoms in total. The highest BCUT2D eigenvalue weighted by molar-refractivity contribution is 5.86. The lowest BCUT2D eigenvalue weighted by molar-refractivity contribution is 0.306. The summed E-state index contributed by atoms with van der Waals surface area (Å²) >= 11 is 0. The molecule has 0 aliphatic heterocycles. The van der Waals surface area contributed by atoms with Crippen molar-refractivity contribution < 1.29 is 4.74 Å². The molecule has 2 aromatic carbocycles. The van der Waals surface area contributed by atoms with Crippen LogP contribution in [0.5, 0.6) is 5.75 Å². The average Bonchev–Trinajstić information content (AvgIpc) is 3.43. The van der Waals surface area contributed by atoms with Gasteiger partial charge in [-0.1, -0.05) is 38.0 Å². The Labute approximate surface area is 168 Å². The van der Waals surface area contributed by atoms with E-state index in [1.807, 2.05) is 0 Å². The molecular weight excluding hydrogens is 342 g/mol. The summed E-state index contributed by atoms with van der Waals surface area (Å²) in [6.45, 7) is 5.19. The zero-order valence-corrected chi connectivity index (χ0v) is 17.2. The highest BCUT2D eigenvalue weighted by atomic mass is 16.5. The van der Waals surface area contributed by atoms with E-state index >= 15 is 0 Å². The van der Waals surface area contributed by atoms with Crippen molar-refractivity contribution >= 4 is 10.9 Å². The van der Waals surface area contributed by atoms with Crippen LogP contribution in [-0.4, -0.2) is 4.98 Å². The number of fused-ring (bicyclic) bond motifs is 3. The van der Waals surface area contributed by atoms with Crippen LogP contribution in [0, 0.1) is 6.92 Å². The van der Waals surface area contributed by atoms with Crippen molar-refractivity contribution in [2.45, 2.75) is 77.2 Å². The normalized spacial score (nSPS) is 19.4. The molecule has 3 aromatic rings. The number of aryl methyl sites for hydroxylation is 2. The molecule has 28 heavy (non-hydrogen) atoms. The third-order valence-electron chi connectivity index (χ3n) is 7.09. The predicted octanol–water partition coefficient (Wildman–Crippen LogP) is 7.15. The van der Waals surface area contributed by atoms with Crippen molar-refractivity contribution in [2.24, 2.45) is 0 Å². The fourth-order valence-electron chi connectivity index (χ4n) is 5.52. The molecule has 0 spiro atoms. The first-order chi connectivity index (χ1) is 13.7.